The maximum absolute atomic E-state index is 9.11. The molecule has 1 heterocycles. The largest absolute Gasteiger partial charge is 0.508 e. The van der Waals surface area contributed by atoms with Crippen molar-refractivity contribution in [1.82, 2.24) is 4.98 Å². The van der Waals surface area contributed by atoms with Crippen molar-refractivity contribution >= 4 is 0 Å². The number of phenols is 1. The van der Waals surface area contributed by atoms with E-state index in [0.717, 1.165) is 11.3 Å². The predicted octanol–water partition coefficient (Wildman–Crippen LogP) is 1.43. The van der Waals surface area contributed by atoms with Crippen LogP contribution in [0.4, 0.5) is 0 Å². The molecule has 3 N–H and O–H groups in total. The normalized spacial score (nSPS) is 10.5. The molecule has 0 saturated carbocycles. The van der Waals surface area contributed by atoms with Gasteiger partial charge < -0.3 is 15.3 Å². The van der Waals surface area contributed by atoms with Crippen molar-refractivity contribution in [3.8, 4) is 5.75 Å². The summed E-state index contributed by atoms with van der Waals surface area (Å²) in [5, 5.41) is 9.11. The lowest BCUT2D eigenvalue weighted by atomic mass is 10.1. The second kappa shape index (κ2) is 4.14. The zero-order chi connectivity index (χ0) is 10.7. The number of hydrogen-bond acceptors (Lipinski definition) is 4. The van der Waals surface area contributed by atoms with E-state index < -0.39 is 0 Å². The van der Waals surface area contributed by atoms with E-state index in [2.05, 4.69) is 4.98 Å². The van der Waals surface area contributed by atoms with E-state index in [1.807, 2.05) is 12.1 Å². The monoisotopic (exact) mass is 204 g/mol. The molecule has 0 radical (unpaired) electrons. The average Bonchev–Trinajstić information content (AvgIpc) is 2.69. The Kier molecular flexibility index (Phi) is 2.69. The Labute approximate surface area is 87.4 Å². The number of benzene rings is 1. The van der Waals surface area contributed by atoms with Crippen LogP contribution in [0.2, 0.25) is 0 Å². The number of nitrogens with two attached hydrogens (primary N) is 1. The molecule has 0 bridgehead atoms. The maximum atomic E-state index is 9.11. The summed E-state index contributed by atoms with van der Waals surface area (Å²) >= 11 is 0. The van der Waals surface area contributed by atoms with Gasteiger partial charge in [-0.1, -0.05) is 12.1 Å². The highest BCUT2D eigenvalue weighted by Gasteiger charge is 2.03. The van der Waals surface area contributed by atoms with Gasteiger partial charge in [0.05, 0.1) is 5.69 Å². The van der Waals surface area contributed by atoms with Crippen LogP contribution in [0, 0.1) is 0 Å². The van der Waals surface area contributed by atoms with Gasteiger partial charge in [-0.15, -0.1) is 0 Å². The van der Waals surface area contributed by atoms with Crippen molar-refractivity contribution in [2.75, 3.05) is 0 Å². The standard InChI is InChI=1S/C11H12N2O2/c12-6-9-7-15-11(13-9)5-8-1-3-10(14)4-2-8/h1-4,7,14H,5-6,12H2. The Morgan fingerprint density at radius 3 is 2.60 bits per heavy atom. The van der Waals surface area contributed by atoms with Crippen molar-refractivity contribution in [2.45, 2.75) is 13.0 Å². The van der Waals surface area contributed by atoms with Gasteiger partial charge in [-0.2, -0.15) is 0 Å². The summed E-state index contributed by atoms with van der Waals surface area (Å²) in [6.45, 7) is 0.388. The third-order valence-electron chi connectivity index (χ3n) is 2.10. The highest BCUT2D eigenvalue weighted by molar-refractivity contribution is 5.27. The minimum Gasteiger partial charge on any atom is -0.508 e. The molecule has 0 unspecified atom stereocenters. The van der Waals surface area contributed by atoms with Gasteiger partial charge in [-0.3, -0.25) is 0 Å². The third kappa shape index (κ3) is 2.35. The number of oxazole rings is 1. The molecule has 4 nitrogen and oxygen atoms in total. The van der Waals surface area contributed by atoms with Crippen LogP contribution in [0.15, 0.2) is 34.9 Å². The molecule has 1 aromatic carbocycles. The highest BCUT2D eigenvalue weighted by atomic mass is 16.3. The van der Waals surface area contributed by atoms with E-state index >= 15 is 0 Å². The van der Waals surface area contributed by atoms with Crippen LogP contribution >= 0.6 is 0 Å². The first-order valence-electron chi connectivity index (χ1n) is 4.69. The van der Waals surface area contributed by atoms with E-state index in [1.165, 1.54) is 0 Å². The van der Waals surface area contributed by atoms with E-state index in [1.54, 1.807) is 18.4 Å². The van der Waals surface area contributed by atoms with Gasteiger partial charge in [0.15, 0.2) is 5.89 Å². The zero-order valence-corrected chi connectivity index (χ0v) is 8.18. The Hall–Kier alpha value is -1.81. The van der Waals surface area contributed by atoms with Crippen molar-refractivity contribution in [2.24, 2.45) is 5.73 Å². The Morgan fingerprint density at radius 1 is 1.27 bits per heavy atom. The minimum atomic E-state index is 0.258. The SMILES string of the molecule is NCc1coc(Cc2ccc(O)cc2)n1. The number of phenolic OH excluding ortho intramolecular Hbond substituents is 1. The molecule has 1 aromatic heterocycles. The van der Waals surface area contributed by atoms with Gasteiger partial charge in [-0.05, 0) is 17.7 Å². The Balaban J connectivity index is 2.11. The number of nitrogens with zero attached hydrogens (tertiary/aromatic N) is 1. The van der Waals surface area contributed by atoms with Crippen molar-refractivity contribution in [3.63, 3.8) is 0 Å². The second-order valence-corrected chi connectivity index (χ2v) is 3.28. The fraction of sp³-hybridized carbons (Fsp3) is 0.182. The third-order valence-corrected chi connectivity index (χ3v) is 2.10. The number of hydrogen-bond donors (Lipinski definition) is 2. The summed E-state index contributed by atoms with van der Waals surface area (Å²) in [4.78, 5) is 4.19. The van der Waals surface area contributed by atoms with Gasteiger partial charge in [0.2, 0.25) is 0 Å². The molecule has 0 aliphatic carbocycles. The van der Waals surface area contributed by atoms with Crippen LogP contribution in [-0.2, 0) is 13.0 Å². The fourth-order valence-electron chi connectivity index (χ4n) is 1.31. The number of rotatable bonds is 3. The smallest absolute Gasteiger partial charge is 0.198 e. The maximum Gasteiger partial charge on any atom is 0.198 e. The van der Waals surface area contributed by atoms with Crippen LogP contribution in [0.5, 0.6) is 5.75 Å². The minimum absolute atomic E-state index is 0.258. The van der Waals surface area contributed by atoms with E-state index in [-0.39, 0.29) is 5.75 Å². The van der Waals surface area contributed by atoms with Gasteiger partial charge >= 0.3 is 0 Å². The van der Waals surface area contributed by atoms with E-state index in [0.29, 0.717) is 18.9 Å². The first-order chi connectivity index (χ1) is 7.28. The topological polar surface area (TPSA) is 72.3 Å². The number of aromatic nitrogens is 1. The quantitative estimate of drug-likeness (QED) is 0.793. The summed E-state index contributed by atoms with van der Waals surface area (Å²) in [5.41, 5.74) is 7.21. The van der Waals surface area contributed by atoms with Crippen LogP contribution in [0.25, 0.3) is 0 Å². The predicted molar refractivity (Wildman–Crippen MR) is 55.3 cm³/mol. The first kappa shape index (κ1) is 9.73. The summed E-state index contributed by atoms with van der Waals surface area (Å²) in [6, 6.07) is 6.95. The van der Waals surface area contributed by atoms with E-state index in [9.17, 15) is 0 Å². The highest BCUT2D eigenvalue weighted by Crippen LogP contribution is 2.13. The van der Waals surface area contributed by atoms with Crippen LogP contribution in [0.3, 0.4) is 0 Å². The van der Waals surface area contributed by atoms with Gasteiger partial charge in [0.1, 0.15) is 12.0 Å². The van der Waals surface area contributed by atoms with Gasteiger partial charge in [0, 0.05) is 13.0 Å². The number of aromatic hydroxyl groups is 1. The van der Waals surface area contributed by atoms with Crippen molar-refractivity contribution < 1.29 is 9.52 Å². The molecule has 4 heteroatoms. The van der Waals surface area contributed by atoms with Crippen molar-refractivity contribution in [1.29, 1.82) is 0 Å². The molecule has 0 saturated heterocycles. The molecule has 0 amide bonds. The average molecular weight is 204 g/mol. The molecule has 0 atom stereocenters. The molecule has 0 aliphatic heterocycles. The summed E-state index contributed by atoms with van der Waals surface area (Å²) in [5.74, 6) is 0.898. The van der Waals surface area contributed by atoms with Crippen LogP contribution in [0.1, 0.15) is 17.1 Å². The van der Waals surface area contributed by atoms with Crippen LogP contribution in [-0.4, -0.2) is 10.1 Å². The Morgan fingerprint density at radius 2 is 2.00 bits per heavy atom. The van der Waals surface area contributed by atoms with Gasteiger partial charge in [-0.25, -0.2) is 4.98 Å². The fourth-order valence-corrected chi connectivity index (χ4v) is 1.31. The van der Waals surface area contributed by atoms with Crippen molar-refractivity contribution in [3.05, 3.63) is 47.7 Å². The molecular weight excluding hydrogens is 192 g/mol. The molecule has 15 heavy (non-hydrogen) atoms. The van der Waals surface area contributed by atoms with Crippen LogP contribution < -0.4 is 5.73 Å². The molecular formula is C11H12N2O2. The molecule has 0 aliphatic rings. The van der Waals surface area contributed by atoms with E-state index in [4.69, 9.17) is 15.3 Å². The summed E-state index contributed by atoms with van der Waals surface area (Å²) in [6.07, 6.45) is 2.18. The lowest BCUT2D eigenvalue weighted by molar-refractivity contribution is 0.474. The molecule has 0 spiro atoms. The first-order valence-corrected chi connectivity index (χ1v) is 4.69. The molecule has 2 rings (SSSR count). The van der Waals surface area contributed by atoms with Gasteiger partial charge in [0.25, 0.3) is 0 Å². The lowest BCUT2D eigenvalue weighted by Gasteiger charge is -1.97. The second-order valence-electron chi connectivity index (χ2n) is 3.28. The Bertz CT molecular complexity index is 434. The lowest BCUT2D eigenvalue weighted by Crippen LogP contribution is -1.96. The summed E-state index contributed by atoms with van der Waals surface area (Å²) in [7, 11) is 0. The molecule has 0 fully saturated rings. The summed E-state index contributed by atoms with van der Waals surface area (Å²) < 4.78 is 5.24. The zero-order valence-electron chi connectivity index (χ0n) is 8.18. The molecule has 78 valence electrons. The molecule has 2 aromatic rings.